The van der Waals surface area contributed by atoms with E-state index < -0.39 is 0 Å². The van der Waals surface area contributed by atoms with Crippen molar-refractivity contribution in [2.75, 3.05) is 18.4 Å². The largest absolute Gasteiger partial charge is 0.342 e. The van der Waals surface area contributed by atoms with Crippen molar-refractivity contribution in [1.29, 1.82) is 0 Å². The Morgan fingerprint density at radius 1 is 1.17 bits per heavy atom. The third-order valence-electron chi connectivity index (χ3n) is 4.85. The Morgan fingerprint density at radius 2 is 1.83 bits per heavy atom. The van der Waals surface area contributed by atoms with Gasteiger partial charge in [-0.1, -0.05) is 52.3 Å². The van der Waals surface area contributed by atoms with Crippen molar-refractivity contribution in [1.82, 2.24) is 4.90 Å². The molecular formula is C20H30N2O2. The van der Waals surface area contributed by atoms with E-state index in [1.165, 1.54) is 0 Å². The summed E-state index contributed by atoms with van der Waals surface area (Å²) in [6.07, 6.45) is 2.44. The van der Waals surface area contributed by atoms with E-state index in [1.54, 1.807) is 0 Å². The third kappa shape index (κ3) is 4.83. The molecule has 1 N–H and O–H groups in total. The number of rotatable bonds is 4. The number of nitrogens with zero attached hydrogens (tertiary/aromatic N) is 1. The lowest BCUT2D eigenvalue weighted by Crippen LogP contribution is -2.48. The minimum Gasteiger partial charge on any atom is -0.342 e. The van der Waals surface area contributed by atoms with Crippen molar-refractivity contribution >= 4 is 17.5 Å². The average molecular weight is 330 g/mol. The molecule has 24 heavy (non-hydrogen) atoms. The first-order chi connectivity index (χ1) is 11.3. The van der Waals surface area contributed by atoms with Crippen LogP contribution in [0.25, 0.3) is 0 Å². The zero-order chi connectivity index (χ0) is 17.7. The Balaban J connectivity index is 1.92. The van der Waals surface area contributed by atoms with Gasteiger partial charge in [0.25, 0.3) is 0 Å². The number of anilines is 1. The second-order valence-corrected chi connectivity index (χ2v) is 7.84. The number of likely N-dealkylation sites (tertiary alicyclic amines) is 1. The summed E-state index contributed by atoms with van der Waals surface area (Å²) in [7, 11) is 0. The number of carbonyl (C=O) groups excluding carboxylic acids is 2. The maximum absolute atomic E-state index is 12.5. The topological polar surface area (TPSA) is 49.4 Å². The second-order valence-electron chi connectivity index (χ2n) is 7.84. The van der Waals surface area contributed by atoms with Crippen molar-refractivity contribution in [3.8, 4) is 0 Å². The van der Waals surface area contributed by atoms with Gasteiger partial charge in [-0.05, 0) is 30.4 Å². The molecule has 0 aliphatic carbocycles. The number of hydrogen-bond donors (Lipinski definition) is 1. The van der Waals surface area contributed by atoms with E-state index in [0.29, 0.717) is 18.3 Å². The first kappa shape index (κ1) is 18.5. The Morgan fingerprint density at radius 3 is 2.42 bits per heavy atom. The van der Waals surface area contributed by atoms with Crippen molar-refractivity contribution in [2.45, 2.75) is 47.0 Å². The Kier molecular flexibility index (Phi) is 6.03. The maximum atomic E-state index is 12.5. The van der Waals surface area contributed by atoms with E-state index in [4.69, 9.17) is 0 Å². The minimum absolute atomic E-state index is 0.0697. The lowest BCUT2D eigenvalue weighted by atomic mass is 9.80. The fourth-order valence-electron chi connectivity index (χ4n) is 3.44. The van der Waals surface area contributed by atoms with Crippen LogP contribution in [0.2, 0.25) is 0 Å². The molecule has 2 atom stereocenters. The molecule has 0 aromatic heterocycles. The van der Waals surface area contributed by atoms with Crippen LogP contribution in [0.1, 0.15) is 47.0 Å². The molecule has 0 bridgehead atoms. The summed E-state index contributed by atoms with van der Waals surface area (Å²) in [5, 5.41) is 2.97. The molecule has 1 aliphatic rings. The zero-order valence-corrected chi connectivity index (χ0v) is 15.3. The Bertz CT molecular complexity index is 563. The van der Waals surface area contributed by atoms with Crippen LogP contribution in [0, 0.1) is 17.3 Å². The third-order valence-corrected chi connectivity index (χ3v) is 4.85. The quantitative estimate of drug-likeness (QED) is 0.909. The highest BCUT2D eigenvalue weighted by Crippen LogP contribution is 2.31. The fourth-order valence-corrected chi connectivity index (χ4v) is 3.44. The molecular weight excluding hydrogens is 300 g/mol. The highest BCUT2D eigenvalue weighted by atomic mass is 16.2. The maximum Gasteiger partial charge on any atom is 0.227 e. The molecule has 0 saturated carbocycles. The molecule has 2 rings (SSSR count). The molecule has 1 heterocycles. The summed E-state index contributed by atoms with van der Waals surface area (Å²) in [4.78, 5) is 26.8. The summed E-state index contributed by atoms with van der Waals surface area (Å²) in [6.45, 7) is 9.59. The normalized spacial score (nSPS) is 21.4. The van der Waals surface area contributed by atoms with E-state index in [9.17, 15) is 9.59 Å². The SMILES string of the molecule is CC[C@@H]1CN(C(=O)C(C)(C)C)CC[C@H]1CC(=O)Nc1ccccc1. The number of piperidine rings is 1. The van der Waals surface area contributed by atoms with E-state index in [0.717, 1.165) is 31.6 Å². The van der Waals surface area contributed by atoms with Gasteiger partial charge in [0.15, 0.2) is 0 Å². The first-order valence-corrected chi connectivity index (χ1v) is 8.95. The van der Waals surface area contributed by atoms with Crippen LogP contribution in [-0.2, 0) is 9.59 Å². The lowest BCUT2D eigenvalue weighted by Gasteiger charge is -2.40. The molecule has 1 aromatic rings. The highest BCUT2D eigenvalue weighted by Gasteiger charge is 2.35. The van der Waals surface area contributed by atoms with Crippen LogP contribution in [0.15, 0.2) is 30.3 Å². The standard InChI is InChI=1S/C20H30N2O2/c1-5-15-14-22(19(24)20(2,3)4)12-11-16(15)13-18(23)21-17-9-7-6-8-10-17/h6-10,15-16H,5,11-14H2,1-4H3,(H,21,23)/t15-,16+/m1/s1. The van der Waals surface area contributed by atoms with E-state index in [2.05, 4.69) is 12.2 Å². The van der Waals surface area contributed by atoms with E-state index >= 15 is 0 Å². The molecule has 132 valence electrons. The molecule has 1 aliphatic heterocycles. The molecule has 0 spiro atoms. The number of nitrogens with one attached hydrogen (secondary N) is 1. The molecule has 0 unspecified atom stereocenters. The van der Waals surface area contributed by atoms with Crippen LogP contribution >= 0.6 is 0 Å². The number of amides is 2. The first-order valence-electron chi connectivity index (χ1n) is 8.95. The van der Waals surface area contributed by atoms with Gasteiger partial charge >= 0.3 is 0 Å². The van der Waals surface area contributed by atoms with Gasteiger partial charge in [-0.3, -0.25) is 9.59 Å². The van der Waals surface area contributed by atoms with Crippen LogP contribution in [0.4, 0.5) is 5.69 Å². The zero-order valence-electron chi connectivity index (χ0n) is 15.3. The molecule has 1 aromatic carbocycles. The second kappa shape index (κ2) is 7.82. The van der Waals surface area contributed by atoms with Gasteiger partial charge in [-0.15, -0.1) is 0 Å². The summed E-state index contributed by atoms with van der Waals surface area (Å²) in [5.41, 5.74) is 0.506. The van der Waals surface area contributed by atoms with Crippen LogP contribution in [0.5, 0.6) is 0 Å². The van der Waals surface area contributed by atoms with E-state index in [1.807, 2.05) is 56.0 Å². The number of para-hydroxylation sites is 1. The summed E-state index contributed by atoms with van der Waals surface area (Å²) >= 11 is 0. The number of benzene rings is 1. The van der Waals surface area contributed by atoms with Crippen molar-refractivity contribution in [2.24, 2.45) is 17.3 Å². The van der Waals surface area contributed by atoms with Gasteiger partial charge in [0.05, 0.1) is 0 Å². The molecule has 1 fully saturated rings. The molecule has 2 amide bonds. The van der Waals surface area contributed by atoms with Gasteiger partial charge in [0, 0.05) is 30.6 Å². The lowest BCUT2D eigenvalue weighted by molar-refractivity contribution is -0.142. The average Bonchev–Trinajstić information content (AvgIpc) is 2.54. The van der Waals surface area contributed by atoms with Crippen LogP contribution in [0.3, 0.4) is 0 Å². The van der Waals surface area contributed by atoms with E-state index in [-0.39, 0.29) is 17.2 Å². The van der Waals surface area contributed by atoms with Gasteiger partial charge in [0.2, 0.25) is 11.8 Å². The summed E-state index contributed by atoms with van der Waals surface area (Å²) in [6, 6.07) is 9.58. The van der Waals surface area contributed by atoms with Crippen molar-refractivity contribution < 1.29 is 9.59 Å². The molecule has 4 nitrogen and oxygen atoms in total. The Labute approximate surface area is 145 Å². The fraction of sp³-hybridized carbons (Fsp3) is 0.600. The summed E-state index contributed by atoms with van der Waals surface area (Å²) in [5.74, 6) is 1.03. The number of hydrogen-bond acceptors (Lipinski definition) is 2. The van der Waals surface area contributed by atoms with Gasteiger partial charge < -0.3 is 10.2 Å². The predicted molar refractivity (Wildman–Crippen MR) is 97.6 cm³/mol. The minimum atomic E-state index is -0.337. The highest BCUT2D eigenvalue weighted by molar-refractivity contribution is 5.90. The summed E-state index contributed by atoms with van der Waals surface area (Å²) < 4.78 is 0. The predicted octanol–water partition coefficient (Wildman–Crippen LogP) is 3.94. The van der Waals surface area contributed by atoms with Gasteiger partial charge in [-0.25, -0.2) is 0 Å². The van der Waals surface area contributed by atoms with Gasteiger partial charge in [0.1, 0.15) is 0 Å². The van der Waals surface area contributed by atoms with Crippen LogP contribution in [-0.4, -0.2) is 29.8 Å². The van der Waals surface area contributed by atoms with Crippen molar-refractivity contribution in [3.05, 3.63) is 30.3 Å². The Hall–Kier alpha value is -1.84. The molecule has 1 saturated heterocycles. The molecule has 0 radical (unpaired) electrons. The number of carbonyl (C=O) groups is 2. The smallest absolute Gasteiger partial charge is 0.227 e. The monoisotopic (exact) mass is 330 g/mol. The van der Waals surface area contributed by atoms with Crippen LogP contribution < -0.4 is 5.32 Å². The molecule has 4 heteroatoms. The van der Waals surface area contributed by atoms with Gasteiger partial charge in [-0.2, -0.15) is 0 Å². The van der Waals surface area contributed by atoms with Crippen molar-refractivity contribution in [3.63, 3.8) is 0 Å².